The van der Waals surface area contributed by atoms with Crippen LogP contribution < -0.4 is 4.74 Å². The maximum atomic E-state index is 13.2. The molecule has 18 heavy (non-hydrogen) atoms. The van der Waals surface area contributed by atoms with Crippen molar-refractivity contribution in [2.24, 2.45) is 0 Å². The van der Waals surface area contributed by atoms with Gasteiger partial charge in [-0.25, -0.2) is 4.39 Å². The van der Waals surface area contributed by atoms with Gasteiger partial charge in [0.1, 0.15) is 17.3 Å². The number of aromatic hydroxyl groups is 1. The Kier molecular flexibility index (Phi) is 3.46. The summed E-state index contributed by atoms with van der Waals surface area (Å²) < 4.78 is 18.7. The molecule has 0 aliphatic heterocycles. The van der Waals surface area contributed by atoms with Crippen molar-refractivity contribution in [3.05, 3.63) is 42.5 Å². The lowest BCUT2D eigenvalue weighted by molar-refractivity contribution is 0.241. The SMILES string of the molecule is CC(C)Oc1cncc(-c2cc(O)cc(F)c2)c1. The van der Waals surface area contributed by atoms with Crippen LogP contribution in [0.4, 0.5) is 4.39 Å². The third kappa shape index (κ3) is 2.97. The molecule has 0 saturated carbocycles. The van der Waals surface area contributed by atoms with E-state index in [0.29, 0.717) is 16.9 Å². The van der Waals surface area contributed by atoms with Gasteiger partial charge >= 0.3 is 0 Å². The van der Waals surface area contributed by atoms with Crippen LogP contribution in [0, 0.1) is 5.82 Å². The van der Waals surface area contributed by atoms with E-state index in [-0.39, 0.29) is 11.9 Å². The van der Waals surface area contributed by atoms with Crippen LogP contribution in [0.1, 0.15) is 13.8 Å². The second-order valence-corrected chi connectivity index (χ2v) is 4.27. The molecular formula is C14H14FNO2. The minimum Gasteiger partial charge on any atom is -0.508 e. The van der Waals surface area contributed by atoms with Crippen molar-refractivity contribution in [2.45, 2.75) is 20.0 Å². The molecule has 1 N–H and O–H groups in total. The van der Waals surface area contributed by atoms with E-state index in [4.69, 9.17) is 4.74 Å². The summed E-state index contributed by atoms with van der Waals surface area (Å²) >= 11 is 0. The summed E-state index contributed by atoms with van der Waals surface area (Å²) in [4.78, 5) is 4.04. The summed E-state index contributed by atoms with van der Waals surface area (Å²) in [6.45, 7) is 3.83. The molecule has 0 spiro atoms. The van der Waals surface area contributed by atoms with Crippen LogP contribution >= 0.6 is 0 Å². The normalized spacial score (nSPS) is 10.7. The second kappa shape index (κ2) is 5.04. The number of nitrogens with zero attached hydrogens (tertiary/aromatic N) is 1. The first kappa shape index (κ1) is 12.4. The number of benzene rings is 1. The zero-order chi connectivity index (χ0) is 13.1. The maximum Gasteiger partial charge on any atom is 0.138 e. The first-order chi connectivity index (χ1) is 8.54. The fraction of sp³-hybridized carbons (Fsp3) is 0.214. The number of phenols is 1. The molecule has 0 amide bonds. The summed E-state index contributed by atoms with van der Waals surface area (Å²) in [5.74, 6) is 0.0200. The number of rotatable bonds is 3. The van der Waals surface area contributed by atoms with Gasteiger partial charge < -0.3 is 9.84 Å². The van der Waals surface area contributed by atoms with Crippen LogP contribution in [0.5, 0.6) is 11.5 Å². The van der Waals surface area contributed by atoms with Crippen LogP contribution in [0.25, 0.3) is 11.1 Å². The Bertz CT molecular complexity index is 535. The lowest BCUT2D eigenvalue weighted by Crippen LogP contribution is -2.05. The topological polar surface area (TPSA) is 42.4 Å². The van der Waals surface area contributed by atoms with E-state index in [0.717, 1.165) is 6.07 Å². The summed E-state index contributed by atoms with van der Waals surface area (Å²) in [5.41, 5.74) is 1.26. The molecule has 1 aromatic heterocycles. The van der Waals surface area contributed by atoms with Gasteiger partial charge in [-0.1, -0.05) is 0 Å². The molecule has 4 heteroatoms. The predicted molar refractivity (Wildman–Crippen MR) is 67.1 cm³/mol. The van der Waals surface area contributed by atoms with Crippen molar-refractivity contribution >= 4 is 0 Å². The Hall–Kier alpha value is -2.10. The van der Waals surface area contributed by atoms with E-state index < -0.39 is 5.82 Å². The third-order valence-corrected chi connectivity index (χ3v) is 2.30. The van der Waals surface area contributed by atoms with Crippen LogP contribution in [0.15, 0.2) is 36.7 Å². The molecule has 2 aromatic rings. The lowest BCUT2D eigenvalue weighted by Gasteiger charge is -2.10. The number of ether oxygens (including phenoxy) is 1. The molecule has 0 unspecified atom stereocenters. The van der Waals surface area contributed by atoms with Gasteiger partial charge in [0, 0.05) is 17.8 Å². The number of pyridine rings is 1. The monoisotopic (exact) mass is 247 g/mol. The number of aromatic nitrogens is 1. The van der Waals surface area contributed by atoms with E-state index in [2.05, 4.69) is 4.98 Å². The van der Waals surface area contributed by atoms with Gasteiger partial charge in [0.25, 0.3) is 0 Å². The highest BCUT2D eigenvalue weighted by atomic mass is 19.1. The molecule has 1 aromatic carbocycles. The predicted octanol–water partition coefficient (Wildman–Crippen LogP) is 3.38. The highest BCUT2D eigenvalue weighted by Gasteiger charge is 2.05. The van der Waals surface area contributed by atoms with Gasteiger partial charge in [-0.05, 0) is 37.6 Å². The smallest absolute Gasteiger partial charge is 0.138 e. The van der Waals surface area contributed by atoms with E-state index in [1.54, 1.807) is 18.5 Å². The summed E-state index contributed by atoms with van der Waals surface area (Å²) in [7, 11) is 0. The van der Waals surface area contributed by atoms with Gasteiger partial charge in [-0.2, -0.15) is 0 Å². The molecule has 0 aliphatic rings. The second-order valence-electron chi connectivity index (χ2n) is 4.27. The summed E-state index contributed by atoms with van der Waals surface area (Å²) in [5, 5.41) is 9.38. The van der Waals surface area contributed by atoms with E-state index in [9.17, 15) is 9.50 Å². The van der Waals surface area contributed by atoms with Crippen molar-refractivity contribution in [3.63, 3.8) is 0 Å². The van der Waals surface area contributed by atoms with Gasteiger partial charge in [0.05, 0.1) is 12.3 Å². The zero-order valence-electron chi connectivity index (χ0n) is 10.2. The average Bonchev–Trinajstić information content (AvgIpc) is 2.27. The van der Waals surface area contributed by atoms with Crippen molar-refractivity contribution in [1.29, 1.82) is 0 Å². The number of phenolic OH excluding ortho intramolecular Hbond substituents is 1. The summed E-state index contributed by atoms with van der Waals surface area (Å²) in [6, 6.07) is 5.65. The Balaban J connectivity index is 2.38. The molecule has 3 nitrogen and oxygen atoms in total. The zero-order valence-corrected chi connectivity index (χ0v) is 10.2. The van der Waals surface area contributed by atoms with Crippen LogP contribution in [-0.4, -0.2) is 16.2 Å². The van der Waals surface area contributed by atoms with Gasteiger partial charge in [0.2, 0.25) is 0 Å². The first-order valence-corrected chi connectivity index (χ1v) is 5.66. The summed E-state index contributed by atoms with van der Waals surface area (Å²) in [6.07, 6.45) is 3.24. The Morgan fingerprint density at radius 1 is 1.11 bits per heavy atom. The third-order valence-electron chi connectivity index (χ3n) is 2.30. The van der Waals surface area contributed by atoms with Crippen molar-refractivity contribution in [1.82, 2.24) is 4.98 Å². The standard InChI is InChI=1S/C14H14FNO2/c1-9(2)18-14-5-11(7-16-8-14)10-3-12(15)6-13(17)4-10/h3-9,17H,1-2H3. The van der Waals surface area contributed by atoms with Crippen LogP contribution in [-0.2, 0) is 0 Å². The van der Waals surface area contributed by atoms with Crippen molar-refractivity contribution < 1.29 is 14.2 Å². The number of halogens is 1. The van der Waals surface area contributed by atoms with Crippen LogP contribution in [0.2, 0.25) is 0 Å². The van der Waals surface area contributed by atoms with Gasteiger partial charge in [-0.3, -0.25) is 4.98 Å². The molecule has 0 bridgehead atoms. The fourth-order valence-electron chi connectivity index (χ4n) is 1.65. The minimum atomic E-state index is -0.486. The quantitative estimate of drug-likeness (QED) is 0.904. The van der Waals surface area contributed by atoms with Crippen molar-refractivity contribution in [3.8, 4) is 22.6 Å². The Morgan fingerprint density at radius 2 is 1.89 bits per heavy atom. The molecule has 94 valence electrons. The number of hydrogen-bond acceptors (Lipinski definition) is 3. The lowest BCUT2D eigenvalue weighted by atomic mass is 10.1. The Morgan fingerprint density at radius 3 is 2.56 bits per heavy atom. The number of hydrogen-bond donors (Lipinski definition) is 1. The fourth-order valence-corrected chi connectivity index (χ4v) is 1.65. The maximum absolute atomic E-state index is 13.2. The van der Waals surface area contributed by atoms with Crippen molar-refractivity contribution in [2.75, 3.05) is 0 Å². The molecule has 0 radical (unpaired) electrons. The van der Waals surface area contributed by atoms with E-state index >= 15 is 0 Å². The molecular weight excluding hydrogens is 233 g/mol. The highest BCUT2D eigenvalue weighted by molar-refractivity contribution is 5.65. The molecule has 2 rings (SSSR count). The molecule has 0 saturated heterocycles. The van der Waals surface area contributed by atoms with E-state index in [1.165, 1.54) is 12.1 Å². The molecule has 0 atom stereocenters. The highest BCUT2D eigenvalue weighted by Crippen LogP contribution is 2.27. The van der Waals surface area contributed by atoms with E-state index in [1.807, 2.05) is 13.8 Å². The molecule has 1 heterocycles. The minimum absolute atomic E-state index is 0.0444. The van der Waals surface area contributed by atoms with Gasteiger partial charge in [-0.15, -0.1) is 0 Å². The Labute approximate surface area is 105 Å². The first-order valence-electron chi connectivity index (χ1n) is 5.66. The van der Waals surface area contributed by atoms with Crippen LogP contribution in [0.3, 0.4) is 0 Å². The molecule has 0 fully saturated rings. The average molecular weight is 247 g/mol. The molecule has 0 aliphatic carbocycles. The largest absolute Gasteiger partial charge is 0.508 e. The van der Waals surface area contributed by atoms with Gasteiger partial charge in [0.15, 0.2) is 0 Å².